The average Bonchev–Trinajstić information content (AvgIpc) is 2.98. The predicted molar refractivity (Wildman–Crippen MR) is 74.3 cm³/mol. The van der Waals surface area contributed by atoms with Gasteiger partial charge < -0.3 is 15.2 Å². The minimum atomic E-state index is -0.906. The molecule has 2 bridgehead atoms. The number of carboxylic acid groups (broad SMARTS) is 1. The molecule has 0 aromatic rings. The number of amides is 1. The number of hydrogen-bond acceptors (Lipinski definition) is 3. The van der Waals surface area contributed by atoms with E-state index < -0.39 is 17.8 Å². The Kier molecular flexibility index (Phi) is 5.02. The van der Waals surface area contributed by atoms with Crippen LogP contribution in [-0.4, -0.2) is 35.2 Å². The topological polar surface area (TPSA) is 75.6 Å². The lowest BCUT2D eigenvalue weighted by Crippen LogP contribution is -2.46. The summed E-state index contributed by atoms with van der Waals surface area (Å²) in [5.74, 6) is -2.24. The van der Waals surface area contributed by atoms with Gasteiger partial charge in [0.05, 0.1) is 24.0 Å². The van der Waals surface area contributed by atoms with Gasteiger partial charge in [-0.1, -0.05) is 26.2 Å². The first-order chi connectivity index (χ1) is 9.54. The molecule has 5 heteroatoms. The van der Waals surface area contributed by atoms with Crippen LogP contribution in [0.5, 0.6) is 0 Å². The smallest absolute Gasteiger partial charge is 0.310 e. The minimum Gasteiger partial charge on any atom is -0.481 e. The molecule has 0 aromatic carbocycles. The Morgan fingerprint density at radius 3 is 2.50 bits per heavy atom. The Morgan fingerprint density at radius 1 is 1.25 bits per heavy atom. The highest BCUT2D eigenvalue weighted by molar-refractivity contribution is 5.86. The molecule has 5 atom stereocenters. The lowest BCUT2D eigenvalue weighted by Gasteiger charge is -2.25. The SMILES string of the molecule is CCCCC[C@H](C)NC(=O)[C@@H]1[C@@H](C(=O)O)[C@@H]2CC[C@@H]1O2. The molecule has 2 N–H and O–H groups in total. The molecule has 0 radical (unpaired) electrons. The first kappa shape index (κ1) is 15.3. The largest absolute Gasteiger partial charge is 0.481 e. The molecule has 2 rings (SSSR count). The van der Waals surface area contributed by atoms with Gasteiger partial charge in [-0.2, -0.15) is 0 Å². The van der Waals surface area contributed by atoms with Crippen molar-refractivity contribution >= 4 is 11.9 Å². The molecule has 0 unspecified atom stereocenters. The third kappa shape index (κ3) is 3.14. The van der Waals surface area contributed by atoms with E-state index in [4.69, 9.17) is 4.74 Å². The summed E-state index contributed by atoms with van der Waals surface area (Å²) in [7, 11) is 0. The number of carboxylic acids is 1. The van der Waals surface area contributed by atoms with Crippen LogP contribution < -0.4 is 5.32 Å². The summed E-state index contributed by atoms with van der Waals surface area (Å²) in [6.07, 6.45) is 5.44. The fourth-order valence-electron chi connectivity index (χ4n) is 3.44. The van der Waals surface area contributed by atoms with Gasteiger partial charge in [-0.3, -0.25) is 9.59 Å². The molecule has 114 valence electrons. The van der Waals surface area contributed by atoms with Crippen molar-refractivity contribution in [1.29, 1.82) is 0 Å². The van der Waals surface area contributed by atoms with Gasteiger partial charge in [-0.05, 0) is 26.2 Å². The van der Waals surface area contributed by atoms with Crippen LogP contribution in [0.25, 0.3) is 0 Å². The number of carbonyl (C=O) groups is 2. The third-order valence-corrected chi connectivity index (χ3v) is 4.49. The Balaban J connectivity index is 1.89. The lowest BCUT2D eigenvalue weighted by molar-refractivity contribution is -0.148. The molecule has 2 aliphatic rings. The Morgan fingerprint density at radius 2 is 1.90 bits per heavy atom. The van der Waals surface area contributed by atoms with Crippen molar-refractivity contribution in [3.05, 3.63) is 0 Å². The van der Waals surface area contributed by atoms with Crippen LogP contribution in [0.15, 0.2) is 0 Å². The molecular weight excluding hydrogens is 258 g/mol. The number of rotatable bonds is 7. The second-order valence-electron chi connectivity index (χ2n) is 6.09. The quantitative estimate of drug-likeness (QED) is 0.700. The Labute approximate surface area is 120 Å². The van der Waals surface area contributed by atoms with Crippen LogP contribution in [0, 0.1) is 11.8 Å². The first-order valence-corrected chi connectivity index (χ1v) is 7.73. The van der Waals surface area contributed by atoms with Crippen LogP contribution >= 0.6 is 0 Å². The zero-order chi connectivity index (χ0) is 14.7. The number of carbonyl (C=O) groups excluding carboxylic acids is 1. The van der Waals surface area contributed by atoms with Crippen molar-refractivity contribution in [3.8, 4) is 0 Å². The lowest BCUT2D eigenvalue weighted by atomic mass is 9.78. The predicted octanol–water partition coefficient (Wildman–Crippen LogP) is 1.95. The fraction of sp³-hybridized carbons (Fsp3) is 0.867. The van der Waals surface area contributed by atoms with E-state index in [2.05, 4.69) is 12.2 Å². The van der Waals surface area contributed by atoms with E-state index >= 15 is 0 Å². The van der Waals surface area contributed by atoms with Gasteiger partial charge in [0.1, 0.15) is 0 Å². The maximum Gasteiger partial charge on any atom is 0.310 e. The normalized spacial score (nSPS) is 33.1. The summed E-state index contributed by atoms with van der Waals surface area (Å²) >= 11 is 0. The zero-order valence-electron chi connectivity index (χ0n) is 12.3. The Hall–Kier alpha value is -1.10. The van der Waals surface area contributed by atoms with Crippen molar-refractivity contribution in [1.82, 2.24) is 5.32 Å². The maximum atomic E-state index is 12.3. The molecule has 2 fully saturated rings. The first-order valence-electron chi connectivity index (χ1n) is 7.73. The highest BCUT2D eigenvalue weighted by atomic mass is 16.5. The van der Waals surface area contributed by atoms with Crippen molar-refractivity contribution in [2.24, 2.45) is 11.8 Å². The number of unbranched alkanes of at least 4 members (excludes halogenated alkanes) is 2. The fourth-order valence-corrected chi connectivity index (χ4v) is 3.44. The summed E-state index contributed by atoms with van der Waals surface area (Å²) < 4.78 is 5.62. The summed E-state index contributed by atoms with van der Waals surface area (Å²) in [5.41, 5.74) is 0. The molecule has 20 heavy (non-hydrogen) atoms. The number of aliphatic carboxylic acids is 1. The number of ether oxygens (including phenoxy) is 1. The molecule has 1 amide bonds. The molecular formula is C15H25NO4. The maximum absolute atomic E-state index is 12.3. The second-order valence-corrected chi connectivity index (χ2v) is 6.09. The van der Waals surface area contributed by atoms with Gasteiger partial charge in [-0.25, -0.2) is 0 Å². The molecule has 2 heterocycles. The summed E-state index contributed by atoms with van der Waals surface area (Å²) in [5, 5.41) is 12.3. The van der Waals surface area contributed by atoms with E-state index in [0.717, 1.165) is 38.5 Å². The van der Waals surface area contributed by atoms with Crippen molar-refractivity contribution in [2.45, 2.75) is 70.6 Å². The van der Waals surface area contributed by atoms with Crippen molar-refractivity contribution in [2.75, 3.05) is 0 Å². The molecule has 0 spiro atoms. The number of nitrogens with one attached hydrogen (secondary N) is 1. The van der Waals surface area contributed by atoms with Gasteiger partial charge >= 0.3 is 5.97 Å². The van der Waals surface area contributed by atoms with Crippen LogP contribution in [-0.2, 0) is 14.3 Å². The van der Waals surface area contributed by atoms with Gasteiger partial charge in [0, 0.05) is 6.04 Å². The van der Waals surface area contributed by atoms with Crippen LogP contribution in [0.2, 0.25) is 0 Å². The van der Waals surface area contributed by atoms with E-state index in [1.165, 1.54) is 0 Å². The highest BCUT2D eigenvalue weighted by Gasteiger charge is 2.55. The van der Waals surface area contributed by atoms with Crippen LogP contribution in [0.1, 0.15) is 52.4 Å². The summed E-state index contributed by atoms with van der Waals surface area (Å²) in [6.45, 7) is 4.13. The molecule has 2 aliphatic heterocycles. The zero-order valence-corrected chi connectivity index (χ0v) is 12.3. The van der Waals surface area contributed by atoms with E-state index in [-0.39, 0.29) is 24.2 Å². The minimum absolute atomic E-state index is 0.0996. The molecule has 2 saturated heterocycles. The Bertz CT molecular complexity index is 371. The van der Waals surface area contributed by atoms with Crippen LogP contribution in [0.4, 0.5) is 0 Å². The average molecular weight is 283 g/mol. The second kappa shape index (κ2) is 6.57. The van der Waals surface area contributed by atoms with E-state index in [1.54, 1.807) is 0 Å². The number of fused-ring (bicyclic) bond motifs is 2. The van der Waals surface area contributed by atoms with Gasteiger partial charge in [0.25, 0.3) is 0 Å². The van der Waals surface area contributed by atoms with Crippen molar-refractivity contribution < 1.29 is 19.4 Å². The van der Waals surface area contributed by atoms with Gasteiger partial charge in [-0.15, -0.1) is 0 Å². The van der Waals surface area contributed by atoms with E-state index in [1.807, 2.05) is 6.92 Å². The number of hydrogen-bond donors (Lipinski definition) is 2. The van der Waals surface area contributed by atoms with E-state index in [9.17, 15) is 14.7 Å². The third-order valence-electron chi connectivity index (χ3n) is 4.49. The monoisotopic (exact) mass is 283 g/mol. The highest BCUT2D eigenvalue weighted by Crippen LogP contribution is 2.43. The van der Waals surface area contributed by atoms with Crippen LogP contribution in [0.3, 0.4) is 0 Å². The summed E-state index contributed by atoms with van der Waals surface area (Å²) in [4.78, 5) is 23.7. The van der Waals surface area contributed by atoms with E-state index in [0.29, 0.717) is 0 Å². The molecule has 5 nitrogen and oxygen atoms in total. The molecule has 0 aliphatic carbocycles. The standard InChI is InChI=1S/C15H25NO4/c1-3-4-5-6-9(2)16-14(17)12-10-7-8-11(20-10)13(12)15(18)19/h9-13H,3-8H2,1-2H3,(H,16,17)(H,18,19)/t9-,10-,11-,12-,13-/m0/s1. The van der Waals surface area contributed by atoms with Gasteiger partial charge in [0.15, 0.2) is 0 Å². The summed E-state index contributed by atoms with van der Waals surface area (Å²) in [6, 6.07) is 0.0996. The molecule has 0 saturated carbocycles. The van der Waals surface area contributed by atoms with Gasteiger partial charge in [0.2, 0.25) is 5.91 Å². The molecule has 0 aromatic heterocycles. The van der Waals surface area contributed by atoms with Crippen molar-refractivity contribution in [3.63, 3.8) is 0 Å².